The van der Waals surface area contributed by atoms with Gasteiger partial charge in [0.05, 0.1) is 19.4 Å². The average molecular weight is 379 g/mol. The van der Waals surface area contributed by atoms with Crippen LogP contribution in [0.3, 0.4) is 0 Å². The molecular formula is C22H25N3O3. The van der Waals surface area contributed by atoms with E-state index in [0.717, 1.165) is 29.0 Å². The van der Waals surface area contributed by atoms with Gasteiger partial charge in [0.15, 0.2) is 0 Å². The van der Waals surface area contributed by atoms with Crippen LogP contribution in [-0.4, -0.2) is 36.1 Å². The summed E-state index contributed by atoms with van der Waals surface area (Å²) in [6, 6.07) is 17.4. The zero-order chi connectivity index (χ0) is 19.9. The fourth-order valence-electron chi connectivity index (χ4n) is 3.22. The van der Waals surface area contributed by atoms with E-state index in [1.807, 2.05) is 36.4 Å². The van der Waals surface area contributed by atoms with Crippen LogP contribution in [0.1, 0.15) is 16.8 Å². The van der Waals surface area contributed by atoms with E-state index in [1.54, 1.807) is 14.2 Å². The minimum Gasteiger partial charge on any atom is -0.496 e. The average Bonchev–Trinajstić information content (AvgIpc) is 2.68. The van der Waals surface area contributed by atoms with Crippen LogP contribution in [0, 0.1) is 0 Å². The fraction of sp³-hybridized carbons (Fsp3) is 0.273. The first-order chi connectivity index (χ1) is 13.6. The van der Waals surface area contributed by atoms with Crippen molar-refractivity contribution in [3.05, 3.63) is 81.8 Å². The summed E-state index contributed by atoms with van der Waals surface area (Å²) in [6.45, 7) is 1.74. The smallest absolute Gasteiger partial charge is 0.251 e. The lowest BCUT2D eigenvalue weighted by molar-refractivity contribution is 0.181. The molecular weight excluding hydrogens is 354 g/mol. The highest BCUT2D eigenvalue weighted by Gasteiger charge is 2.12. The van der Waals surface area contributed by atoms with Crippen LogP contribution in [0.4, 0.5) is 0 Å². The highest BCUT2D eigenvalue weighted by Crippen LogP contribution is 2.23. The number of benzene rings is 2. The third-order valence-corrected chi connectivity index (χ3v) is 4.43. The minimum atomic E-state index is -0.186. The van der Waals surface area contributed by atoms with Gasteiger partial charge in [-0.1, -0.05) is 42.5 Å². The number of nitrogens with zero attached hydrogens (tertiary/aromatic N) is 2. The van der Waals surface area contributed by atoms with Crippen molar-refractivity contribution in [1.29, 1.82) is 0 Å². The van der Waals surface area contributed by atoms with Crippen molar-refractivity contribution >= 4 is 0 Å². The lowest BCUT2D eigenvalue weighted by Gasteiger charge is -2.20. The summed E-state index contributed by atoms with van der Waals surface area (Å²) in [5, 5.41) is 0. The maximum Gasteiger partial charge on any atom is 0.251 e. The Balaban J connectivity index is 1.85. The first-order valence-corrected chi connectivity index (χ1v) is 9.08. The fourth-order valence-corrected chi connectivity index (χ4v) is 3.22. The Morgan fingerprint density at radius 3 is 2.43 bits per heavy atom. The first-order valence-electron chi connectivity index (χ1n) is 9.08. The van der Waals surface area contributed by atoms with E-state index in [-0.39, 0.29) is 5.56 Å². The predicted octanol–water partition coefficient (Wildman–Crippen LogP) is 3.22. The molecule has 0 amide bonds. The van der Waals surface area contributed by atoms with Crippen molar-refractivity contribution in [1.82, 2.24) is 14.9 Å². The highest BCUT2D eigenvalue weighted by molar-refractivity contribution is 5.60. The van der Waals surface area contributed by atoms with Crippen molar-refractivity contribution in [2.75, 3.05) is 21.3 Å². The number of hydrogen-bond donors (Lipinski definition) is 1. The Morgan fingerprint density at radius 1 is 1.00 bits per heavy atom. The predicted molar refractivity (Wildman–Crippen MR) is 109 cm³/mol. The summed E-state index contributed by atoms with van der Waals surface area (Å²) in [4.78, 5) is 21.6. The summed E-state index contributed by atoms with van der Waals surface area (Å²) in [5.41, 5.74) is 3.54. The third-order valence-electron chi connectivity index (χ3n) is 4.43. The van der Waals surface area contributed by atoms with Gasteiger partial charge < -0.3 is 14.5 Å². The molecule has 0 saturated heterocycles. The van der Waals surface area contributed by atoms with Gasteiger partial charge in [0, 0.05) is 37.4 Å². The zero-order valence-corrected chi connectivity index (χ0v) is 16.4. The number of methoxy groups -OCH3 is 2. The van der Waals surface area contributed by atoms with E-state index in [0.29, 0.717) is 24.7 Å². The largest absolute Gasteiger partial charge is 0.496 e. The number of nitrogens with one attached hydrogen (secondary N) is 1. The molecule has 0 saturated carbocycles. The number of rotatable bonds is 8. The monoisotopic (exact) mass is 379 g/mol. The second-order valence-corrected chi connectivity index (χ2v) is 6.66. The number of hydrogen-bond acceptors (Lipinski definition) is 5. The van der Waals surface area contributed by atoms with Gasteiger partial charge in [-0.25, -0.2) is 4.98 Å². The maximum atomic E-state index is 12.0. The quantitative estimate of drug-likeness (QED) is 0.651. The van der Waals surface area contributed by atoms with Crippen LogP contribution in [-0.2, 0) is 24.4 Å². The molecule has 146 valence electrons. The SMILES string of the molecule is COCc1cc(=O)[nH]c(-c2ccccc2CN(C)Cc2ccccc2OC)n1. The molecule has 2 aromatic carbocycles. The Hall–Kier alpha value is -2.96. The van der Waals surface area contributed by atoms with E-state index in [2.05, 4.69) is 34.0 Å². The molecule has 0 fully saturated rings. The highest BCUT2D eigenvalue weighted by atomic mass is 16.5. The number of para-hydroxylation sites is 1. The second kappa shape index (κ2) is 9.30. The normalized spacial score (nSPS) is 11.0. The summed E-state index contributed by atoms with van der Waals surface area (Å²) < 4.78 is 10.6. The van der Waals surface area contributed by atoms with Gasteiger partial charge in [0.25, 0.3) is 5.56 Å². The molecule has 3 rings (SSSR count). The number of aromatic nitrogens is 2. The van der Waals surface area contributed by atoms with Crippen molar-refractivity contribution in [3.63, 3.8) is 0 Å². The molecule has 28 heavy (non-hydrogen) atoms. The summed E-state index contributed by atoms with van der Waals surface area (Å²) in [5.74, 6) is 1.43. The van der Waals surface area contributed by atoms with Crippen LogP contribution in [0.15, 0.2) is 59.4 Å². The van der Waals surface area contributed by atoms with E-state index in [4.69, 9.17) is 9.47 Å². The molecule has 1 N–H and O–H groups in total. The number of H-pyrrole nitrogens is 1. The Kier molecular flexibility index (Phi) is 6.57. The van der Waals surface area contributed by atoms with Gasteiger partial charge in [-0.3, -0.25) is 9.69 Å². The molecule has 3 aromatic rings. The van der Waals surface area contributed by atoms with E-state index in [9.17, 15) is 4.79 Å². The molecule has 1 aromatic heterocycles. The summed E-state index contributed by atoms with van der Waals surface area (Å²) in [6.07, 6.45) is 0. The molecule has 0 aliphatic rings. The second-order valence-electron chi connectivity index (χ2n) is 6.66. The molecule has 0 radical (unpaired) electrons. The molecule has 0 aliphatic heterocycles. The summed E-state index contributed by atoms with van der Waals surface area (Å²) in [7, 11) is 5.33. The third kappa shape index (κ3) is 4.85. The van der Waals surface area contributed by atoms with E-state index < -0.39 is 0 Å². The summed E-state index contributed by atoms with van der Waals surface area (Å²) >= 11 is 0. The topological polar surface area (TPSA) is 67.5 Å². The van der Waals surface area contributed by atoms with Crippen molar-refractivity contribution in [2.24, 2.45) is 0 Å². The molecule has 0 spiro atoms. The van der Waals surface area contributed by atoms with Gasteiger partial charge >= 0.3 is 0 Å². The van der Waals surface area contributed by atoms with E-state index >= 15 is 0 Å². The van der Waals surface area contributed by atoms with Crippen LogP contribution in [0.2, 0.25) is 0 Å². The van der Waals surface area contributed by atoms with Crippen molar-refractivity contribution < 1.29 is 9.47 Å². The molecule has 0 aliphatic carbocycles. The number of ether oxygens (including phenoxy) is 2. The number of aromatic amines is 1. The van der Waals surface area contributed by atoms with Gasteiger partial charge in [0.2, 0.25) is 0 Å². The zero-order valence-electron chi connectivity index (χ0n) is 16.4. The van der Waals surface area contributed by atoms with Crippen molar-refractivity contribution in [3.8, 4) is 17.1 Å². The molecule has 0 unspecified atom stereocenters. The standard InChI is InChI=1S/C22H25N3O3/c1-25(14-17-9-5-7-11-20(17)28-3)13-16-8-4-6-10-19(16)22-23-18(15-27-2)12-21(26)24-22/h4-12H,13-15H2,1-3H3,(H,23,24,26). The lowest BCUT2D eigenvalue weighted by Crippen LogP contribution is -2.19. The van der Waals surface area contributed by atoms with Crippen LogP contribution >= 0.6 is 0 Å². The molecule has 6 nitrogen and oxygen atoms in total. The molecule has 6 heteroatoms. The van der Waals surface area contributed by atoms with Gasteiger partial charge in [0.1, 0.15) is 11.6 Å². The van der Waals surface area contributed by atoms with E-state index in [1.165, 1.54) is 6.07 Å². The van der Waals surface area contributed by atoms with Crippen LogP contribution < -0.4 is 10.3 Å². The van der Waals surface area contributed by atoms with Crippen LogP contribution in [0.5, 0.6) is 5.75 Å². The minimum absolute atomic E-state index is 0.186. The maximum absolute atomic E-state index is 12.0. The molecule has 1 heterocycles. The Morgan fingerprint density at radius 2 is 1.68 bits per heavy atom. The first kappa shape index (κ1) is 19.8. The Bertz CT molecular complexity index is 985. The molecule has 0 bridgehead atoms. The van der Waals surface area contributed by atoms with Gasteiger partial charge in [-0.15, -0.1) is 0 Å². The molecule has 0 atom stereocenters. The van der Waals surface area contributed by atoms with Gasteiger partial charge in [-0.2, -0.15) is 0 Å². The van der Waals surface area contributed by atoms with Gasteiger partial charge in [-0.05, 0) is 18.7 Å². The van der Waals surface area contributed by atoms with Crippen molar-refractivity contribution in [2.45, 2.75) is 19.7 Å². The Labute approximate surface area is 164 Å². The lowest BCUT2D eigenvalue weighted by atomic mass is 10.1. The van der Waals surface area contributed by atoms with Crippen LogP contribution in [0.25, 0.3) is 11.4 Å².